The minimum Gasteiger partial charge on any atom is -0.577 e. The fraction of sp³-hybridized carbons (Fsp3) is 0.636. The molecule has 0 radical (unpaired) electrons. The number of aliphatic imine (C=N–C) groups is 1. The quantitative estimate of drug-likeness (QED) is 0.258. The summed E-state index contributed by atoms with van der Waals surface area (Å²) in [6, 6.07) is 8.24. The Kier molecular flexibility index (Phi) is 10.3. The molecule has 2 N–H and O–H groups in total. The summed E-state index contributed by atoms with van der Waals surface area (Å²) in [6.07, 6.45) is 4.56. The molecular weight excluding hydrogens is 464 g/mol. The Balaban J connectivity index is 0.00000385. The second kappa shape index (κ2) is 12.2. The molecule has 0 aromatic heterocycles. The summed E-state index contributed by atoms with van der Waals surface area (Å²) in [5.74, 6) is 1.13. The van der Waals surface area contributed by atoms with Gasteiger partial charge in [0, 0.05) is 23.0 Å². The SMILES string of the molecule is CC(C)(C)NC1=N[S+]([O-])[N+](C)([O-])C(NCCCOc2cccc(CN3CCCCC3)c2)=N1.Cl. The van der Waals surface area contributed by atoms with Crippen molar-refractivity contribution in [2.75, 3.05) is 33.3 Å². The van der Waals surface area contributed by atoms with Crippen LogP contribution in [-0.2, 0) is 18.1 Å². The highest BCUT2D eigenvalue weighted by Gasteiger charge is 2.40. The minimum atomic E-state index is -2.01. The van der Waals surface area contributed by atoms with Crippen LogP contribution in [0.1, 0.15) is 52.0 Å². The fourth-order valence-corrected chi connectivity index (χ4v) is 4.22. The van der Waals surface area contributed by atoms with Crippen LogP contribution < -0.4 is 15.4 Å². The zero-order valence-corrected chi connectivity index (χ0v) is 21.6. The van der Waals surface area contributed by atoms with Gasteiger partial charge in [0.05, 0.1) is 6.61 Å². The highest BCUT2D eigenvalue weighted by atomic mass is 35.5. The summed E-state index contributed by atoms with van der Waals surface area (Å²) < 4.78 is 20.9. The van der Waals surface area contributed by atoms with Gasteiger partial charge in [-0.15, -0.1) is 17.4 Å². The molecule has 186 valence electrons. The van der Waals surface area contributed by atoms with Crippen LogP contribution in [0.2, 0.25) is 0 Å². The molecule has 0 amide bonds. The minimum absolute atomic E-state index is 0. The van der Waals surface area contributed by atoms with Gasteiger partial charge in [0.15, 0.2) is 0 Å². The summed E-state index contributed by atoms with van der Waals surface area (Å²) in [5, 5.41) is 18.7. The van der Waals surface area contributed by atoms with Gasteiger partial charge in [-0.2, -0.15) is 0 Å². The Morgan fingerprint density at radius 3 is 2.64 bits per heavy atom. The summed E-state index contributed by atoms with van der Waals surface area (Å²) in [4.78, 5) is 6.75. The number of guanidine groups is 2. The van der Waals surface area contributed by atoms with Crippen LogP contribution in [0.4, 0.5) is 0 Å². The second-order valence-electron chi connectivity index (χ2n) is 9.41. The van der Waals surface area contributed by atoms with Crippen LogP contribution in [-0.4, -0.2) is 64.3 Å². The number of hydroxylamine groups is 2. The smallest absolute Gasteiger partial charge is 0.353 e. The molecule has 0 bridgehead atoms. The van der Waals surface area contributed by atoms with E-state index in [-0.39, 0.29) is 29.9 Å². The number of hydrogen-bond acceptors (Lipinski definition) is 8. The Morgan fingerprint density at radius 2 is 1.94 bits per heavy atom. The van der Waals surface area contributed by atoms with Crippen LogP contribution in [0.3, 0.4) is 0 Å². The summed E-state index contributed by atoms with van der Waals surface area (Å²) in [6.45, 7) is 10.1. The maximum absolute atomic E-state index is 12.7. The van der Waals surface area contributed by atoms with Gasteiger partial charge in [-0.3, -0.25) is 4.90 Å². The van der Waals surface area contributed by atoms with Crippen molar-refractivity contribution in [2.45, 2.75) is 58.5 Å². The van der Waals surface area contributed by atoms with E-state index in [1.165, 1.54) is 45.0 Å². The van der Waals surface area contributed by atoms with Crippen molar-refractivity contribution >= 4 is 35.9 Å². The molecule has 33 heavy (non-hydrogen) atoms. The van der Waals surface area contributed by atoms with E-state index in [1.807, 2.05) is 32.9 Å². The lowest BCUT2D eigenvalue weighted by Gasteiger charge is -2.34. The van der Waals surface area contributed by atoms with Gasteiger partial charge < -0.3 is 25.1 Å². The van der Waals surface area contributed by atoms with Crippen LogP contribution in [0.15, 0.2) is 33.7 Å². The van der Waals surface area contributed by atoms with Crippen molar-refractivity contribution in [1.29, 1.82) is 0 Å². The Hall–Kier alpha value is -1.56. The number of piperidine rings is 1. The molecule has 2 aliphatic heterocycles. The van der Waals surface area contributed by atoms with Crippen molar-refractivity contribution in [3.63, 3.8) is 0 Å². The first-order valence-corrected chi connectivity index (χ1v) is 12.3. The first-order chi connectivity index (χ1) is 15.1. The van der Waals surface area contributed by atoms with Gasteiger partial charge in [-0.1, -0.05) is 22.6 Å². The number of hydrogen-bond donors (Lipinski definition) is 2. The predicted molar refractivity (Wildman–Crippen MR) is 136 cm³/mol. The molecule has 0 saturated carbocycles. The molecule has 1 saturated heterocycles. The van der Waals surface area contributed by atoms with Gasteiger partial charge in [0.2, 0.25) is 0 Å². The van der Waals surface area contributed by atoms with E-state index >= 15 is 0 Å². The second-order valence-corrected chi connectivity index (χ2v) is 10.8. The van der Waals surface area contributed by atoms with Gasteiger partial charge in [0.1, 0.15) is 12.8 Å². The average molecular weight is 501 g/mol. The average Bonchev–Trinajstić information content (AvgIpc) is 2.71. The van der Waals surface area contributed by atoms with E-state index in [1.54, 1.807) is 0 Å². The molecule has 2 atom stereocenters. The molecule has 1 fully saturated rings. The number of benzene rings is 1. The van der Waals surface area contributed by atoms with E-state index in [0.717, 1.165) is 12.3 Å². The van der Waals surface area contributed by atoms with Crippen molar-refractivity contribution < 1.29 is 13.3 Å². The summed E-state index contributed by atoms with van der Waals surface area (Å²) >= 11 is -2.01. The third-order valence-corrected chi connectivity index (χ3v) is 6.27. The normalized spacial score (nSPS) is 23.8. The first kappa shape index (κ1) is 27.7. The fourth-order valence-electron chi connectivity index (χ4n) is 3.58. The zero-order chi connectivity index (χ0) is 23.2. The number of nitrogens with one attached hydrogen (secondary N) is 2. The Labute approximate surface area is 206 Å². The molecule has 11 heteroatoms. The molecule has 9 nitrogen and oxygen atoms in total. The number of ether oxygens (including phenoxy) is 1. The number of halogens is 1. The van der Waals surface area contributed by atoms with Crippen LogP contribution in [0, 0.1) is 5.21 Å². The van der Waals surface area contributed by atoms with Gasteiger partial charge in [0.25, 0.3) is 5.96 Å². The lowest BCUT2D eigenvalue weighted by Crippen LogP contribution is -2.58. The first-order valence-electron chi connectivity index (χ1n) is 11.3. The standard InChI is InChI=1S/C22H36N6O3S.ClH/c1-22(2,3)25-20-24-21(28(4,29)32(30)26-20)23-12-9-15-31-19-11-8-10-18(16-19)17-27-13-6-5-7-14-27;/h8,10-11,16H,5-7,9,12-15,17H2,1-4H3,(H2,23,24,25,26);1H. The maximum Gasteiger partial charge on any atom is 0.353 e. The van der Waals surface area contributed by atoms with E-state index in [0.29, 0.717) is 19.6 Å². The Morgan fingerprint density at radius 1 is 1.21 bits per heavy atom. The van der Waals surface area contributed by atoms with Crippen molar-refractivity contribution in [1.82, 2.24) is 15.5 Å². The van der Waals surface area contributed by atoms with Crippen LogP contribution in [0.25, 0.3) is 0 Å². The van der Waals surface area contributed by atoms with Crippen molar-refractivity contribution in [3.05, 3.63) is 35.0 Å². The van der Waals surface area contributed by atoms with Crippen molar-refractivity contribution in [2.24, 2.45) is 9.39 Å². The molecule has 1 aromatic rings. The largest absolute Gasteiger partial charge is 0.577 e. The molecule has 3 rings (SSSR count). The maximum atomic E-state index is 12.7. The lowest BCUT2D eigenvalue weighted by molar-refractivity contribution is -0.628. The monoisotopic (exact) mass is 500 g/mol. The molecular formula is C22H37ClN6O3S. The van der Waals surface area contributed by atoms with Gasteiger partial charge in [-0.05, 0) is 70.8 Å². The molecule has 0 aliphatic carbocycles. The lowest BCUT2D eigenvalue weighted by atomic mass is 10.1. The predicted octanol–water partition coefficient (Wildman–Crippen LogP) is 3.09. The van der Waals surface area contributed by atoms with Gasteiger partial charge in [-0.25, -0.2) is 0 Å². The topological polar surface area (TPSA) is 107 Å². The third-order valence-electron chi connectivity index (χ3n) is 5.17. The molecule has 0 spiro atoms. The molecule has 2 heterocycles. The summed E-state index contributed by atoms with van der Waals surface area (Å²) in [7, 11) is 1.28. The van der Waals surface area contributed by atoms with E-state index < -0.39 is 15.6 Å². The number of quaternary nitrogens is 1. The van der Waals surface area contributed by atoms with E-state index in [4.69, 9.17) is 4.74 Å². The molecule has 1 aromatic carbocycles. The van der Waals surface area contributed by atoms with Crippen LogP contribution >= 0.6 is 12.4 Å². The highest BCUT2D eigenvalue weighted by Crippen LogP contribution is 2.19. The van der Waals surface area contributed by atoms with E-state index in [9.17, 15) is 9.76 Å². The molecule has 2 unspecified atom stereocenters. The van der Waals surface area contributed by atoms with E-state index in [2.05, 4.69) is 37.1 Å². The summed E-state index contributed by atoms with van der Waals surface area (Å²) in [5.41, 5.74) is 0.955. The number of rotatable bonds is 7. The third kappa shape index (κ3) is 8.62. The van der Waals surface area contributed by atoms with Crippen molar-refractivity contribution in [3.8, 4) is 5.75 Å². The highest BCUT2D eigenvalue weighted by molar-refractivity contribution is 7.85. The Bertz CT molecular complexity index is 825. The molecule has 2 aliphatic rings. The van der Waals surface area contributed by atoms with Crippen LogP contribution in [0.5, 0.6) is 5.75 Å². The van der Waals surface area contributed by atoms with Gasteiger partial charge >= 0.3 is 17.5 Å². The zero-order valence-electron chi connectivity index (χ0n) is 20.0. The number of nitrogens with zero attached hydrogens (tertiary/aromatic N) is 4. The number of likely N-dealkylation sites (tertiary alicyclic amines) is 1.